The highest BCUT2D eigenvalue weighted by molar-refractivity contribution is 5.84. The minimum Gasteiger partial charge on any atom is -0.379 e. The molecule has 1 saturated heterocycles. The summed E-state index contributed by atoms with van der Waals surface area (Å²) in [6, 6.07) is 5.95. The van der Waals surface area contributed by atoms with Crippen molar-refractivity contribution in [3.05, 3.63) is 41.5 Å². The second-order valence-electron chi connectivity index (χ2n) is 10.7. The molecule has 0 spiro atoms. The number of hydrogen-bond acceptors (Lipinski definition) is 4. The van der Waals surface area contributed by atoms with Crippen LogP contribution in [-0.2, 0) is 20.4 Å². The van der Waals surface area contributed by atoms with E-state index in [9.17, 15) is 18.0 Å². The van der Waals surface area contributed by atoms with Crippen LogP contribution in [0.1, 0.15) is 64.0 Å². The van der Waals surface area contributed by atoms with Crippen LogP contribution in [-0.4, -0.2) is 61.9 Å². The Hall–Kier alpha value is -1.90. The fraction of sp³-hybridized carbons (Fsp3) is 0.679. The van der Waals surface area contributed by atoms with Gasteiger partial charge in [-0.2, -0.15) is 13.2 Å². The van der Waals surface area contributed by atoms with E-state index in [2.05, 4.69) is 19.2 Å². The minimum absolute atomic E-state index is 0.0370. The number of rotatable bonds is 7. The van der Waals surface area contributed by atoms with Crippen molar-refractivity contribution in [2.75, 3.05) is 32.9 Å². The van der Waals surface area contributed by atoms with Crippen LogP contribution in [0.15, 0.2) is 30.3 Å². The molecule has 2 fully saturated rings. The first-order chi connectivity index (χ1) is 17.1. The van der Waals surface area contributed by atoms with Gasteiger partial charge < -0.3 is 19.7 Å². The maximum absolute atomic E-state index is 13.9. The van der Waals surface area contributed by atoms with E-state index in [1.165, 1.54) is 12.1 Å². The Labute approximate surface area is 212 Å². The van der Waals surface area contributed by atoms with Crippen LogP contribution in [0.4, 0.5) is 13.2 Å². The summed E-state index contributed by atoms with van der Waals surface area (Å²) < 4.78 is 50.9. The summed E-state index contributed by atoms with van der Waals surface area (Å²) in [5, 5.41) is 3.79. The van der Waals surface area contributed by atoms with E-state index in [0.717, 1.165) is 43.9 Å². The van der Waals surface area contributed by atoms with Crippen molar-refractivity contribution in [1.29, 1.82) is 0 Å². The number of ether oxygens (including phenoxy) is 2. The van der Waals surface area contributed by atoms with Gasteiger partial charge in [0.2, 0.25) is 5.91 Å². The number of hydrogen-bond donors (Lipinski definition) is 1. The molecule has 0 aromatic heterocycles. The molecule has 3 aliphatic rings. The van der Waals surface area contributed by atoms with E-state index in [1.54, 1.807) is 6.07 Å². The zero-order valence-electron chi connectivity index (χ0n) is 21.6. The third-order valence-corrected chi connectivity index (χ3v) is 8.27. The Morgan fingerprint density at radius 2 is 2.11 bits per heavy atom. The van der Waals surface area contributed by atoms with Crippen LogP contribution in [0.25, 0.3) is 5.57 Å². The highest BCUT2D eigenvalue weighted by Crippen LogP contribution is 2.46. The molecule has 4 atom stereocenters. The van der Waals surface area contributed by atoms with Crippen LogP contribution in [0, 0.1) is 11.3 Å². The monoisotopic (exact) mass is 508 g/mol. The molecule has 1 saturated carbocycles. The first-order valence-electron chi connectivity index (χ1n) is 13.3. The number of nitrogens with zero attached hydrogens (tertiary/aromatic N) is 1. The van der Waals surface area contributed by atoms with Gasteiger partial charge in [0.05, 0.1) is 23.7 Å². The van der Waals surface area contributed by atoms with E-state index in [0.29, 0.717) is 38.3 Å². The minimum atomic E-state index is -4.36. The highest BCUT2D eigenvalue weighted by Gasteiger charge is 2.50. The van der Waals surface area contributed by atoms with Crippen molar-refractivity contribution in [3.8, 4) is 0 Å². The van der Waals surface area contributed by atoms with Gasteiger partial charge in [0.25, 0.3) is 0 Å². The maximum Gasteiger partial charge on any atom is 0.416 e. The molecule has 36 heavy (non-hydrogen) atoms. The largest absolute Gasteiger partial charge is 0.416 e. The zero-order chi connectivity index (χ0) is 25.9. The molecule has 8 heteroatoms. The third kappa shape index (κ3) is 5.81. The number of alkyl halides is 3. The number of carbonyl (C=O) groups excluding carboxylic acids is 1. The Balaban J connectivity index is 1.42. The fourth-order valence-corrected chi connectivity index (χ4v) is 6.09. The predicted molar refractivity (Wildman–Crippen MR) is 133 cm³/mol. The maximum atomic E-state index is 13.9. The summed E-state index contributed by atoms with van der Waals surface area (Å²) in [6.07, 6.45) is 1.63. The van der Waals surface area contributed by atoms with Crippen LogP contribution >= 0.6 is 0 Å². The molecular weight excluding hydrogens is 469 g/mol. The van der Waals surface area contributed by atoms with Gasteiger partial charge >= 0.3 is 6.18 Å². The smallest absolute Gasteiger partial charge is 0.379 e. The van der Waals surface area contributed by atoms with Gasteiger partial charge in [-0.25, -0.2) is 0 Å². The topological polar surface area (TPSA) is 50.8 Å². The summed E-state index contributed by atoms with van der Waals surface area (Å²) >= 11 is 0. The lowest BCUT2D eigenvalue weighted by Crippen LogP contribution is -2.52. The van der Waals surface area contributed by atoms with Crippen molar-refractivity contribution < 1.29 is 27.4 Å². The van der Waals surface area contributed by atoms with E-state index >= 15 is 0 Å². The normalized spacial score (nSPS) is 29.5. The average Bonchev–Trinajstić information content (AvgIpc) is 3.30. The van der Waals surface area contributed by atoms with Crippen molar-refractivity contribution in [2.24, 2.45) is 11.3 Å². The molecule has 1 amide bonds. The molecule has 200 valence electrons. The summed E-state index contributed by atoms with van der Waals surface area (Å²) in [4.78, 5) is 15.8. The number of amides is 1. The molecule has 0 radical (unpaired) electrons. The van der Waals surface area contributed by atoms with Crippen molar-refractivity contribution in [1.82, 2.24) is 10.2 Å². The standard InChI is InChI=1S/C28H39F3N2O3/c1-4-36-25-18-35-15-11-24(25)32-23-8-12-27(17-23,19(2)3)26(34)33-13-9-20(10-14-33)21-6-5-7-22(16-21)28(29,30)31/h5-7,9,16,19,23-25,32H,4,8,10-15,17-18H2,1-3H3/t23-,24?,25-,27?/m1/s1. The van der Waals surface area contributed by atoms with Gasteiger partial charge in [-0.1, -0.05) is 32.1 Å². The molecule has 5 nitrogen and oxygen atoms in total. The number of nitrogens with one attached hydrogen (secondary N) is 1. The van der Waals surface area contributed by atoms with Crippen LogP contribution < -0.4 is 5.32 Å². The van der Waals surface area contributed by atoms with Crippen LogP contribution in [0.2, 0.25) is 0 Å². The van der Waals surface area contributed by atoms with Crippen LogP contribution in [0.3, 0.4) is 0 Å². The Morgan fingerprint density at radius 3 is 2.78 bits per heavy atom. The molecule has 1 aromatic carbocycles. The van der Waals surface area contributed by atoms with Crippen molar-refractivity contribution >= 4 is 11.5 Å². The van der Waals surface area contributed by atoms with E-state index < -0.39 is 17.2 Å². The Kier molecular flexibility index (Phi) is 8.47. The second kappa shape index (κ2) is 11.2. The van der Waals surface area contributed by atoms with E-state index in [1.807, 2.05) is 17.9 Å². The van der Waals surface area contributed by atoms with Gasteiger partial charge in [0.1, 0.15) is 0 Å². The molecule has 1 aliphatic carbocycles. The van der Waals surface area contributed by atoms with Gasteiger partial charge in [0.15, 0.2) is 0 Å². The number of carbonyl (C=O) groups is 1. The highest BCUT2D eigenvalue weighted by atomic mass is 19.4. The number of halogens is 3. The summed E-state index contributed by atoms with van der Waals surface area (Å²) in [7, 11) is 0. The number of benzene rings is 1. The second-order valence-corrected chi connectivity index (χ2v) is 10.7. The first-order valence-corrected chi connectivity index (χ1v) is 13.3. The molecule has 2 heterocycles. The summed E-state index contributed by atoms with van der Waals surface area (Å²) in [5.74, 6) is 0.373. The lowest BCUT2D eigenvalue weighted by Gasteiger charge is -2.39. The van der Waals surface area contributed by atoms with Crippen molar-refractivity contribution in [3.63, 3.8) is 0 Å². The Bertz CT molecular complexity index is 946. The van der Waals surface area contributed by atoms with E-state index in [4.69, 9.17) is 9.47 Å². The first kappa shape index (κ1) is 27.1. The van der Waals surface area contributed by atoms with Crippen molar-refractivity contribution in [2.45, 2.75) is 77.2 Å². The SMILES string of the molecule is CCO[C@@H]1COCCC1N[C@@H]1CCC(C(=O)N2CC=C(c3cccc(C(F)(F)F)c3)CC2)(C(C)C)C1. The lowest BCUT2D eigenvalue weighted by molar-refractivity contribution is -0.144. The quantitative estimate of drug-likeness (QED) is 0.543. The van der Waals surface area contributed by atoms with Gasteiger partial charge in [-0.15, -0.1) is 0 Å². The molecule has 4 rings (SSSR count). The predicted octanol–water partition coefficient (Wildman–Crippen LogP) is 5.30. The average molecular weight is 509 g/mol. The Morgan fingerprint density at radius 1 is 1.31 bits per heavy atom. The fourth-order valence-electron chi connectivity index (χ4n) is 6.09. The summed E-state index contributed by atoms with van der Waals surface area (Å²) in [5.41, 5.74) is 0.391. The van der Waals surface area contributed by atoms with Gasteiger partial charge in [0, 0.05) is 38.4 Å². The van der Waals surface area contributed by atoms with Gasteiger partial charge in [-0.05, 0) is 68.2 Å². The van der Waals surface area contributed by atoms with Crippen LogP contribution in [0.5, 0.6) is 0 Å². The molecule has 1 N–H and O–H groups in total. The summed E-state index contributed by atoms with van der Waals surface area (Å²) in [6.45, 7) is 9.18. The zero-order valence-corrected chi connectivity index (χ0v) is 21.6. The molecular formula is C28H39F3N2O3. The van der Waals surface area contributed by atoms with Gasteiger partial charge in [-0.3, -0.25) is 4.79 Å². The molecule has 1 aromatic rings. The molecule has 2 unspecified atom stereocenters. The third-order valence-electron chi connectivity index (χ3n) is 8.27. The molecule has 2 aliphatic heterocycles. The lowest BCUT2D eigenvalue weighted by atomic mass is 9.74. The van der Waals surface area contributed by atoms with E-state index in [-0.39, 0.29) is 30.0 Å². The molecule has 0 bridgehead atoms.